The van der Waals surface area contributed by atoms with Crippen LogP contribution in [-0.2, 0) is 6.54 Å². The normalized spacial score (nSPS) is 23.9. The minimum atomic E-state index is -1.93. The van der Waals surface area contributed by atoms with Gasteiger partial charge >= 0.3 is 0 Å². The molecule has 0 saturated carbocycles. The van der Waals surface area contributed by atoms with E-state index in [1.54, 1.807) is 4.90 Å². The van der Waals surface area contributed by atoms with Crippen LogP contribution < -0.4 is 0 Å². The quantitative estimate of drug-likeness (QED) is 0.701. The molecule has 0 aliphatic carbocycles. The van der Waals surface area contributed by atoms with Gasteiger partial charge in [0.15, 0.2) is 0 Å². The fourth-order valence-corrected chi connectivity index (χ4v) is 1.75. The van der Waals surface area contributed by atoms with Crippen molar-refractivity contribution in [3.05, 3.63) is 35.9 Å². The summed E-state index contributed by atoms with van der Waals surface area (Å²) >= 11 is 0. The lowest BCUT2D eigenvalue weighted by Gasteiger charge is -2.32. The van der Waals surface area contributed by atoms with E-state index in [0.717, 1.165) is 19.6 Å². The van der Waals surface area contributed by atoms with Crippen LogP contribution in [0, 0.1) is 0 Å². The molecular formula is C12H18N2. The van der Waals surface area contributed by atoms with E-state index >= 15 is 0 Å². The van der Waals surface area contributed by atoms with Crippen LogP contribution in [0.2, 0.25) is 0 Å². The van der Waals surface area contributed by atoms with Crippen molar-refractivity contribution in [3.63, 3.8) is 0 Å². The minimum Gasteiger partial charge on any atom is -0.304 e. The molecular weight excluding hydrogens is 172 g/mol. The number of rotatable bonds is 2. The first-order valence-electron chi connectivity index (χ1n) is 6.57. The molecule has 0 amide bonds. The van der Waals surface area contributed by atoms with Crippen LogP contribution in [0.4, 0.5) is 0 Å². The molecule has 1 aliphatic rings. The second kappa shape index (κ2) is 4.58. The van der Waals surface area contributed by atoms with Gasteiger partial charge < -0.3 is 4.90 Å². The van der Waals surface area contributed by atoms with Crippen molar-refractivity contribution >= 4 is 0 Å². The summed E-state index contributed by atoms with van der Waals surface area (Å²) < 4.78 is 22.1. The third-order valence-electron chi connectivity index (χ3n) is 2.62. The van der Waals surface area contributed by atoms with Gasteiger partial charge in [0.2, 0.25) is 0 Å². The maximum Gasteiger partial charge on any atom is 0.0394 e. The van der Waals surface area contributed by atoms with Gasteiger partial charge in [-0.3, -0.25) is 4.90 Å². The van der Waals surface area contributed by atoms with Gasteiger partial charge in [0.25, 0.3) is 0 Å². The molecule has 1 fully saturated rings. The van der Waals surface area contributed by atoms with Gasteiger partial charge in [-0.05, 0) is 12.5 Å². The largest absolute Gasteiger partial charge is 0.304 e. The highest BCUT2D eigenvalue weighted by atomic mass is 15.2. The Balaban J connectivity index is 1.84. The lowest BCUT2D eigenvalue weighted by atomic mass is 10.2. The van der Waals surface area contributed by atoms with Crippen LogP contribution >= 0.6 is 0 Å². The van der Waals surface area contributed by atoms with Crippen LogP contribution in [0.1, 0.15) is 9.68 Å². The average molecular weight is 193 g/mol. The molecule has 0 N–H and O–H groups in total. The molecule has 1 aromatic carbocycles. The Morgan fingerprint density at radius 3 is 2.50 bits per heavy atom. The van der Waals surface area contributed by atoms with Crippen LogP contribution in [0.5, 0.6) is 0 Å². The molecule has 0 unspecified atom stereocenters. The summed E-state index contributed by atoms with van der Waals surface area (Å²) in [5.74, 6) is 0. The molecule has 1 heterocycles. The zero-order valence-corrected chi connectivity index (χ0v) is 8.32. The van der Waals surface area contributed by atoms with Gasteiger partial charge in [0, 0.05) is 36.8 Å². The standard InChI is InChI=1S/C12H18N2/c1-13-7-9-14(10-8-13)11-12-5-3-2-4-6-12/h2-6H,7-11H2,1H3/i1D3. The van der Waals surface area contributed by atoms with E-state index in [4.69, 9.17) is 4.11 Å². The number of piperazine rings is 1. The maximum atomic E-state index is 7.35. The molecule has 0 spiro atoms. The van der Waals surface area contributed by atoms with Crippen molar-refractivity contribution in [1.29, 1.82) is 0 Å². The molecule has 14 heavy (non-hydrogen) atoms. The number of hydrogen-bond acceptors (Lipinski definition) is 2. The van der Waals surface area contributed by atoms with Crippen molar-refractivity contribution in [2.75, 3.05) is 33.2 Å². The molecule has 0 atom stereocenters. The molecule has 0 bridgehead atoms. The first-order valence-corrected chi connectivity index (χ1v) is 5.07. The van der Waals surface area contributed by atoms with Crippen LogP contribution in [-0.4, -0.2) is 43.0 Å². The Labute approximate surface area is 90.3 Å². The second-order valence-corrected chi connectivity index (χ2v) is 3.75. The van der Waals surface area contributed by atoms with Gasteiger partial charge in [-0.15, -0.1) is 0 Å². The Kier molecular flexibility index (Phi) is 2.16. The lowest BCUT2D eigenvalue weighted by Crippen LogP contribution is -2.43. The maximum absolute atomic E-state index is 7.35. The highest BCUT2D eigenvalue weighted by molar-refractivity contribution is 5.14. The molecule has 2 nitrogen and oxygen atoms in total. The van der Waals surface area contributed by atoms with E-state index in [0.29, 0.717) is 13.1 Å². The summed E-state index contributed by atoms with van der Waals surface area (Å²) in [4.78, 5) is 3.88. The molecule has 1 aliphatic heterocycles. The fourth-order valence-electron chi connectivity index (χ4n) is 1.75. The van der Waals surface area contributed by atoms with E-state index < -0.39 is 6.98 Å². The molecule has 1 saturated heterocycles. The molecule has 1 aromatic rings. The Bertz CT molecular complexity index is 343. The SMILES string of the molecule is [2H]C([2H])([2H])N1CCN(Cc2ccccc2)CC1. The summed E-state index contributed by atoms with van der Waals surface area (Å²) in [5.41, 5.74) is 1.29. The lowest BCUT2D eigenvalue weighted by molar-refractivity contribution is 0.148. The number of nitrogens with zero attached hydrogens (tertiary/aromatic N) is 2. The van der Waals surface area contributed by atoms with Gasteiger partial charge in [-0.2, -0.15) is 0 Å². The van der Waals surface area contributed by atoms with Gasteiger partial charge in [0.05, 0.1) is 0 Å². The summed E-state index contributed by atoms with van der Waals surface area (Å²) in [5, 5.41) is 0. The monoisotopic (exact) mass is 193 g/mol. The Morgan fingerprint density at radius 2 is 1.86 bits per heavy atom. The third-order valence-corrected chi connectivity index (χ3v) is 2.62. The van der Waals surface area contributed by atoms with E-state index in [9.17, 15) is 0 Å². The highest BCUT2D eigenvalue weighted by Crippen LogP contribution is 2.06. The predicted molar refractivity (Wildman–Crippen MR) is 59.2 cm³/mol. The molecule has 76 valence electrons. The molecule has 2 rings (SSSR count). The Hall–Kier alpha value is -0.860. The third kappa shape index (κ3) is 2.56. The van der Waals surface area contributed by atoms with Crippen LogP contribution in [0.25, 0.3) is 0 Å². The average Bonchev–Trinajstić information content (AvgIpc) is 2.30. The summed E-state index contributed by atoms with van der Waals surface area (Å²) in [6.07, 6.45) is 0. The number of benzene rings is 1. The van der Waals surface area contributed by atoms with E-state index in [1.165, 1.54) is 5.56 Å². The Morgan fingerprint density at radius 1 is 1.14 bits per heavy atom. The van der Waals surface area contributed by atoms with Crippen molar-refractivity contribution in [2.24, 2.45) is 0 Å². The first kappa shape index (κ1) is 6.59. The van der Waals surface area contributed by atoms with Crippen LogP contribution in [0.3, 0.4) is 0 Å². The summed E-state index contributed by atoms with van der Waals surface area (Å²) in [6, 6.07) is 10.3. The van der Waals surface area contributed by atoms with E-state index in [2.05, 4.69) is 17.0 Å². The van der Waals surface area contributed by atoms with E-state index in [1.807, 2.05) is 18.2 Å². The smallest absolute Gasteiger partial charge is 0.0394 e. The van der Waals surface area contributed by atoms with Crippen molar-refractivity contribution < 1.29 is 4.11 Å². The zero-order valence-electron chi connectivity index (χ0n) is 11.3. The van der Waals surface area contributed by atoms with Crippen molar-refractivity contribution in [1.82, 2.24) is 9.80 Å². The topological polar surface area (TPSA) is 6.48 Å². The molecule has 0 radical (unpaired) electrons. The van der Waals surface area contributed by atoms with Crippen molar-refractivity contribution in [3.8, 4) is 0 Å². The molecule has 2 heteroatoms. The summed E-state index contributed by atoms with van der Waals surface area (Å²) in [6.45, 7) is 1.89. The van der Waals surface area contributed by atoms with E-state index in [-0.39, 0.29) is 0 Å². The number of likely N-dealkylation sites (N-methyl/N-ethyl adjacent to an activating group) is 1. The van der Waals surface area contributed by atoms with Crippen molar-refractivity contribution in [2.45, 2.75) is 6.54 Å². The number of hydrogen-bond donors (Lipinski definition) is 0. The second-order valence-electron chi connectivity index (χ2n) is 3.75. The predicted octanol–water partition coefficient (Wildman–Crippen LogP) is 1.43. The zero-order chi connectivity index (χ0) is 12.3. The van der Waals surface area contributed by atoms with Crippen LogP contribution in [0.15, 0.2) is 30.3 Å². The van der Waals surface area contributed by atoms with Gasteiger partial charge in [-0.1, -0.05) is 30.3 Å². The summed E-state index contributed by atoms with van der Waals surface area (Å²) in [7, 11) is 0. The fraction of sp³-hybridized carbons (Fsp3) is 0.500. The minimum absolute atomic E-state index is 0.628. The molecule has 0 aromatic heterocycles. The van der Waals surface area contributed by atoms with Gasteiger partial charge in [0.1, 0.15) is 0 Å². The highest BCUT2D eigenvalue weighted by Gasteiger charge is 2.13. The van der Waals surface area contributed by atoms with Gasteiger partial charge in [-0.25, -0.2) is 0 Å². The first-order chi connectivity index (χ1) is 8.05.